The van der Waals surface area contributed by atoms with E-state index >= 15 is 0 Å². The molecule has 2 N–H and O–H groups in total. The van der Waals surface area contributed by atoms with E-state index in [9.17, 15) is 9.59 Å². The maximum atomic E-state index is 12.2. The highest BCUT2D eigenvalue weighted by molar-refractivity contribution is 6.02. The molecule has 4 rings (SSSR count). The van der Waals surface area contributed by atoms with Gasteiger partial charge in [-0.05, 0) is 49.1 Å². The summed E-state index contributed by atoms with van der Waals surface area (Å²) in [6.45, 7) is 2.25. The first-order chi connectivity index (χ1) is 15.6. The summed E-state index contributed by atoms with van der Waals surface area (Å²) in [5.41, 5.74) is 1.06. The van der Waals surface area contributed by atoms with E-state index in [1.54, 1.807) is 30.5 Å². The molecule has 0 saturated carbocycles. The Morgan fingerprint density at radius 2 is 1.94 bits per heavy atom. The number of hydrogen-bond acceptors (Lipinski definition) is 7. The summed E-state index contributed by atoms with van der Waals surface area (Å²) < 4.78 is 5.82. The van der Waals surface area contributed by atoms with Gasteiger partial charge in [0.25, 0.3) is 5.91 Å². The Bertz CT molecular complexity index is 1070. The molecule has 0 aliphatic carbocycles. The molecule has 0 radical (unpaired) electrons. The molecule has 9 nitrogen and oxygen atoms in total. The first kappa shape index (κ1) is 21.2. The summed E-state index contributed by atoms with van der Waals surface area (Å²) in [5, 5.41) is 11.8. The van der Waals surface area contributed by atoms with Gasteiger partial charge in [-0.25, -0.2) is 14.8 Å². The minimum Gasteiger partial charge on any atom is -0.493 e. The van der Waals surface area contributed by atoms with Crippen LogP contribution in [0.1, 0.15) is 33.7 Å². The van der Waals surface area contributed by atoms with Gasteiger partial charge >= 0.3 is 5.97 Å². The molecule has 1 aromatic carbocycles. The van der Waals surface area contributed by atoms with Gasteiger partial charge in [-0.1, -0.05) is 6.07 Å². The van der Waals surface area contributed by atoms with Gasteiger partial charge in [0.15, 0.2) is 0 Å². The number of anilines is 2. The molecule has 2 aromatic heterocycles. The van der Waals surface area contributed by atoms with E-state index in [0.717, 1.165) is 31.7 Å². The third-order valence-electron chi connectivity index (χ3n) is 5.31. The van der Waals surface area contributed by atoms with Crippen molar-refractivity contribution in [3.8, 4) is 5.75 Å². The zero-order chi connectivity index (χ0) is 22.3. The molecule has 1 saturated heterocycles. The summed E-state index contributed by atoms with van der Waals surface area (Å²) in [5.74, 6) is 0.535. The maximum absolute atomic E-state index is 12.2. The van der Waals surface area contributed by atoms with Crippen LogP contribution < -0.4 is 15.0 Å². The Morgan fingerprint density at radius 3 is 2.62 bits per heavy atom. The van der Waals surface area contributed by atoms with E-state index in [1.807, 2.05) is 12.1 Å². The lowest BCUT2D eigenvalue weighted by Gasteiger charge is -2.32. The first-order valence-electron chi connectivity index (χ1n) is 10.3. The van der Waals surface area contributed by atoms with Gasteiger partial charge in [-0.15, -0.1) is 0 Å². The lowest BCUT2D eigenvalue weighted by Crippen LogP contribution is -2.36. The molecule has 1 aliphatic heterocycles. The van der Waals surface area contributed by atoms with E-state index in [0.29, 0.717) is 24.0 Å². The van der Waals surface area contributed by atoms with Gasteiger partial charge in [-0.2, -0.15) is 0 Å². The molecule has 1 fully saturated rings. The van der Waals surface area contributed by atoms with E-state index in [-0.39, 0.29) is 17.2 Å². The van der Waals surface area contributed by atoms with Crippen molar-refractivity contribution in [3.05, 3.63) is 72.4 Å². The number of carbonyl (C=O) groups excluding carboxylic acids is 1. The number of hydrogen-bond donors (Lipinski definition) is 2. The van der Waals surface area contributed by atoms with Crippen LogP contribution in [0, 0.1) is 5.92 Å². The summed E-state index contributed by atoms with van der Waals surface area (Å²) in [4.78, 5) is 37.8. The average molecular weight is 433 g/mol. The molecule has 0 spiro atoms. The number of piperidine rings is 1. The number of nitrogens with zero attached hydrogens (tertiary/aromatic N) is 4. The van der Waals surface area contributed by atoms with Gasteiger partial charge in [0.05, 0.1) is 30.3 Å². The normalized spacial score (nSPS) is 14.1. The Balaban J connectivity index is 1.25. The highest BCUT2D eigenvalue weighted by Gasteiger charge is 2.21. The van der Waals surface area contributed by atoms with E-state index in [4.69, 9.17) is 9.84 Å². The van der Waals surface area contributed by atoms with Gasteiger partial charge in [0.1, 0.15) is 17.3 Å². The molecular weight excluding hydrogens is 410 g/mol. The fraction of sp³-hybridized carbons (Fsp3) is 0.261. The number of carboxylic acid groups (broad SMARTS) is 1. The number of nitrogens with one attached hydrogen (secondary N) is 1. The third-order valence-corrected chi connectivity index (χ3v) is 5.31. The molecule has 3 heterocycles. The maximum Gasteiger partial charge on any atom is 0.335 e. The highest BCUT2D eigenvalue weighted by Crippen LogP contribution is 2.24. The van der Waals surface area contributed by atoms with Crippen LogP contribution in [0.2, 0.25) is 0 Å². The van der Waals surface area contributed by atoms with E-state index < -0.39 is 5.97 Å². The number of aromatic nitrogens is 3. The second kappa shape index (κ2) is 9.86. The second-order valence-electron chi connectivity index (χ2n) is 7.52. The van der Waals surface area contributed by atoms with E-state index in [1.165, 1.54) is 18.6 Å². The number of rotatable bonds is 7. The van der Waals surface area contributed by atoms with Crippen molar-refractivity contribution in [1.82, 2.24) is 15.0 Å². The summed E-state index contributed by atoms with van der Waals surface area (Å²) in [6, 6.07) is 10.3. The highest BCUT2D eigenvalue weighted by atomic mass is 16.5. The van der Waals surface area contributed by atoms with Crippen LogP contribution in [-0.4, -0.2) is 51.6 Å². The smallest absolute Gasteiger partial charge is 0.335 e. The Morgan fingerprint density at radius 1 is 1.09 bits per heavy atom. The number of ether oxygens (including phenoxy) is 1. The number of pyridine rings is 1. The molecule has 1 aliphatic rings. The van der Waals surface area contributed by atoms with Crippen LogP contribution >= 0.6 is 0 Å². The zero-order valence-electron chi connectivity index (χ0n) is 17.3. The van der Waals surface area contributed by atoms with Crippen molar-refractivity contribution in [2.75, 3.05) is 29.9 Å². The molecule has 164 valence electrons. The quantitative estimate of drug-likeness (QED) is 0.584. The van der Waals surface area contributed by atoms with Crippen LogP contribution in [0.5, 0.6) is 5.75 Å². The van der Waals surface area contributed by atoms with Crippen LogP contribution in [0.25, 0.3) is 0 Å². The lowest BCUT2D eigenvalue weighted by molar-refractivity contribution is 0.0696. The Kier molecular flexibility index (Phi) is 6.54. The average Bonchev–Trinajstić information content (AvgIpc) is 2.84. The van der Waals surface area contributed by atoms with Gasteiger partial charge < -0.3 is 20.1 Å². The lowest BCUT2D eigenvalue weighted by atomic mass is 9.98. The van der Waals surface area contributed by atoms with Gasteiger partial charge in [0, 0.05) is 25.5 Å². The van der Waals surface area contributed by atoms with Crippen LogP contribution in [0.4, 0.5) is 11.5 Å². The molecule has 32 heavy (non-hydrogen) atoms. The van der Waals surface area contributed by atoms with Crippen LogP contribution in [-0.2, 0) is 0 Å². The van der Waals surface area contributed by atoms with Crippen molar-refractivity contribution in [2.45, 2.75) is 12.8 Å². The molecule has 0 atom stereocenters. The monoisotopic (exact) mass is 433 g/mol. The largest absolute Gasteiger partial charge is 0.493 e. The standard InChI is InChI=1S/C23H23N5O4/c29-22(20-14-24-8-9-25-20)27-18-4-5-21(26-13-18)28-10-6-16(7-11-28)15-32-19-3-1-2-17(12-19)23(30)31/h1-5,8-9,12-14,16H,6-7,10-11,15H2,(H,27,29)(H,30,31). The number of amides is 1. The van der Waals surface area contributed by atoms with E-state index in [2.05, 4.69) is 25.2 Å². The fourth-order valence-electron chi connectivity index (χ4n) is 3.52. The van der Waals surface area contributed by atoms with Crippen molar-refractivity contribution in [1.29, 1.82) is 0 Å². The van der Waals surface area contributed by atoms with Crippen LogP contribution in [0.15, 0.2) is 61.2 Å². The zero-order valence-corrected chi connectivity index (χ0v) is 17.3. The number of aromatic carboxylic acids is 1. The van der Waals surface area contributed by atoms with Crippen LogP contribution in [0.3, 0.4) is 0 Å². The summed E-state index contributed by atoms with van der Waals surface area (Å²) in [7, 11) is 0. The minimum atomic E-state index is -0.962. The van der Waals surface area contributed by atoms with Crippen molar-refractivity contribution in [2.24, 2.45) is 5.92 Å². The fourth-order valence-corrected chi connectivity index (χ4v) is 3.52. The minimum absolute atomic E-state index is 0.222. The molecule has 0 bridgehead atoms. The molecular formula is C23H23N5O4. The number of carboxylic acids is 1. The SMILES string of the molecule is O=C(O)c1cccc(OCC2CCN(c3ccc(NC(=O)c4cnccn4)cn3)CC2)c1. The molecule has 9 heteroatoms. The van der Waals surface area contributed by atoms with Crippen molar-refractivity contribution >= 4 is 23.4 Å². The Labute approximate surface area is 185 Å². The number of benzene rings is 1. The van der Waals surface area contributed by atoms with Crippen molar-refractivity contribution in [3.63, 3.8) is 0 Å². The summed E-state index contributed by atoms with van der Waals surface area (Å²) >= 11 is 0. The number of carbonyl (C=O) groups is 2. The summed E-state index contributed by atoms with van der Waals surface area (Å²) in [6.07, 6.45) is 7.93. The Hall–Kier alpha value is -4.01. The van der Waals surface area contributed by atoms with Crippen molar-refractivity contribution < 1.29 is 19.4 Å². The van der Waals surface area contributed by atoms with Gasteiger partial charge in [-0.3, -0.25) is 9.78 Å². The topological polar surface area (TPSA) is 118 Å². The van der Waals surface area contributed by atoms with Gasteiger partial charge in [0.2, 0.25) is 0 Å². The molecule has 3 aromatic rings. The predicted octanol–water partition coefficient (Wildman–Crippen LogP) is 3.12. The first-order valence-corrected chi connectivity index (χ1v) is 10.3. The second-order valence-corrected chi connectivity index (χ2v) is 7.52. The molecule has 0 unspecified atom stereocenters. The molecule has 1 amide bonds. The third kappa shape index (κ3) is 5.37. The predicted molar refractivity (Wildman–Crippen MR) is 118 cm³/mol.